The highest BCUT2D eigenvalue weighted by molar-refractivity contribution is 6.35. The molecule has 7 nitrogen and oxygen atoms in total. The van der Waals surface area contributed by atoms with Crippen LogP contribution >= 0.6 is 11.6 Å². The molecule has 1 aromatic carbocycles. The number of anilines is 2. The zero-order chi connectivity index (χ0) is 19.1. The van der Waals surface area contributed by atoms with Crippen LogP contribution in [-0.2, 0) is 4.74 Å². The van der Waals surface area contributed by atoms with Crippen LogP contribution in [0.4, 0.5) is 11.5 Å². The van der Waals surface area contributed by atoms with E-state index < -0.39 is 0 Å². The minimum Gasteiger partial charge on any atom is -0.378 e. The summed E-state index contributed by atoms with van der Waals surface area (Å²) in [5, 5.41) is 13.0. The van der Waals surface area contributed by atoms with Gasteiger partial charge in [-0.25, -0.2) is 4.98 Å². The van der Waals surface area contributed by atoms with E-state index in [4.69, 9.17) is 26.3 Å². The monoisotopic (exact) mass is 396 g/mol. The highest BCUT2D eigenvalue weighted by Crippen LogP contribution is 2.34. The van der Waals surface area contributed by atoms with E-state index in [2.05, 4.69) is 26.5 Å². The lowest BCUT2D eigenvalue weighted by atomic mass is 10.0. The Hall–Kier alpha value is -2.51. The van der Waals surface area contributed by atoms with Crippen molar-refractivity contribution in [3.8, 4) is 0 Å². The van der Waals surface area contributed by atoms with E-state index in [1.165, 1.54) is 0 Å². The molecule has 3 unspecified atom stereocenters. The molecule has 144 valence electrons. The highest BCUT2D eigenvalue weighted by Gasteiger charge is 2.36. The van der Waals surface area contributed by atoms with Crippen molar-refractivity contribution in [1.82, 2.24) is 4.98 Å². The molecule has 3 atom stereocenters. The maximum Gasteiger partial charge on any atom is 0.164 e. The van der Waals surface area contributed by atoms with Gasteiger partial charge in [-0.3, -0.25) is 4.99 Å². The molecule has 3 aliphatic rings. The van der Waals surface area contributed by atoms with E-state index in [-0.39, 0.29) is 18.2 Å². The molecule has 0 amide bonds. The number of benzene rings is 1. The predicted octanol–water partition coefficient (Wildman–Crippen LogP) is 3.38. The third-order valence-corrected chi connectivity index (χ3v) is 5.71. The zero-order valence-electron chi connectivity index (χ0n) is 15.5. The maximum atomic E-state index is 6.52. The first-order valence-electron chi connectivity index (χ1n) is 9.53. The van der Waals surface area contributed by atoms with Crippen molar-refractivity contribution >= 4 is 28.8 Å². The van der Waals surface area contributed by atoms with Gasteiger partial charge in [0.25, 0.3) is 0 Å². The molecule has 1 saturated heterocycles. The number of halogens is 1. The van der Waals surface area contributed by atoms with Crippen LogP contribution < -0.4 is 10.2 Å². The second-order valence-electron chi connectivity index (χ2n) is 7.20. The Morgan fingerprint density at radius 2 is 1.96 bits per heavy atom. The fraction of sp³-hybridized carbons (Fsp3) is 0.400. The average Bonchev–Trinajstić information content (AvgIpc) is 2.98. The summed E-state index contributed by atoms with van der Waals surface area (Å²) in [6.07, 6.45) is 1.70. The number of aliphatic imine (C=N–C) groups is 1. The summed E-state index contributed by atoms with van der Waals surface area (Å²) in [7, 11) is 0. The van der Waals surface area contributed by atoms with Crippen LogP contribution in [-0.4, -0.2) is 55.2 Å². The Morgan fingerprint density at radius 1 is 1.14 bits per heavy atom. The summed E-state index contributed by atoms with van der Waals surface area (Å²) in [5.74, 6) is 0.925. The minimum atomic E-state index is -0.186. The molecule has 0 saturated carbocycles. The molecule has 2 aromatic rings. The number of aromatic nitrogens is 1. The van der Waals surface area contributed by atoms with Gasteiger partial charge in [-0.15, -0.1) is 0 Å². The van der Waals surface area contributed by atoms with E-state index in [1.54, 1.807) is 0 Å². The van der Waals surface area contributed by atoms with Crippen LogP contribution in [0.25, 0.3) is 0 Å². The van der Waals surface area contributed by atoms with Gasteiger partial charge in [0, 0.05) is 41.5 Å². The standard InChI is InChI=1S/C20H21ClN6O/c1-12-18-20(26-25-12)23-16-10-17(27-6-8-28-9-7-27)22-11-14(16)19(24-18)13-4-2-3-5-15(13)21/h2-5,10-12,18,20,23H,6-9H2,1H3. The molecule has 0 bridgehead atoms. The van der Waals surface area contributed by atoms with E-state index in [0.717, 1.165) is 54.6 Å². The summed E-state index contributed by atoms with van der Waals surface area (Å²) in [5.41, 5.74) is 3.62. The van der Waals surface area contributed by atoms with Gasteiger partial charge in [-0.2, -0.15) is 10.2 Å². The Bertz CT molecular complexity index is 955. The molecule has 1 N–H and O–H groups in total. The second-order valence-corrected chi connectivity index (χ2v) is 7.60. The van der Waals surface area contributed by atoms with Crippen molar-refractivity contribution in [2.75, 3.05) is 36.5 Å². The normalized spacial score (nSPS) is 26.1. The Morgan fingerprint density at radius 3 is 2.79 bits per heavy atom. The highest BCUT2D eigenvalue weighted by atomic mass is 35.5. The van der Waals surface area contributed by atoms with Gasteiger partial charge in [0.1, 0.15) is 11.9 Å². The molecular formula is C20H21ClN6O. The van der Waals surface area contributed by atoms with Crippen molar-refractivity contribution in [3.63, 3.8) is 0 Å². The molecule has 1 fully saturated rings. The average molecular weight is 397 g/mol. The van der Waals surface area contributed by atoms with Gasteiger partial charge in [-0.1, -0.05) is 29.8 Å². The van der Waals surface area contributed by atoms with Gasteiger partial charge in [0.15, 0.2) is 6.17 Å². The summed E-state index contributed by atoms with van der Waals surface area (Å²) in [6, 6.07) is 9.79. The summed E-state index contributed by atoms with van der Waals surface area (Å²) in [6.45, 7) is 5.14. The third-order valence-electron chi connectivity index (χ3n) is 5.38. The Balaban J connectivity index is 1.62. The van der Waals surface area contributed by atoms with Crippen LogP contribution in [0.2, 0.25) is 5.02 Å². The molecule has 8 heteroatoms. The lowest BCUT2D eigenvalue weighted by Gasteiger charge is -2.28. The minimum absolute atomic E-state index is 0.0102. The number of ether oxygens (including phenoxy) is 1. The molecule has 4 heterocycles. The van der Waals surface area contributed by atoms with Crippen molar-refractivity contribution in [1.29, 1.82) is 0 Å². The third kappa shape index (κ3) is 3.04. The number of hydrogen-bond acceptors (Lipinski definition) is 7. The lowest BCUT2D eigenvalue weighted by molar-refractivity contribution is 0.122. The predicted molar refractivity (Wildman–Crippen MR) is 110 cm³/mol. The summed E-state index contributed by atoms with van der Waals surface area (Å²) in [4.78, 5) is 12.0. The van der Waals surface area contributed by atoms with Gasteiger partial charge in [-0.05, 0) is 13.0 Å². The number of azo groups is 1. The number of rotatable bonds is 2. The molecule has 1 aromatic heterocycles. The van der Waals surface area contributed by atoms with Crippen molar-refractivity contribution < 1.29 is 4.74 Å². The molecule has 0 spiro atoms. The quantitative estimate of drug-likeness (QED) is 0.844. The molecule has 0 aliphatic carbocycles. The lowest BCUT2D eigenvalue weighted by Crippen LogP contribution is -2.37. The van der Waals surface area contributed by atoms with Gasteiger partial charge in [0.2, 0.25) is 0 Å². The zero-order valence-corrected chi connectivity index (χ0v) is 16.3. The smallest absolute Gasteiger partial charge is 0.164 e. The molecule has 28 heavy (non-hydrogen) atoms. The largest absolute Gasteiger partial charge is 0.378 e. The number of morpholine rings is 1. The first-order valence-corrected chi connectivity index (χ1v) is 9.91. The van der Waals surface area contributed by atoms with E-state index in [9.17, 15) is 0 Å². The molecule has 3 aliphatic heterocycles. The molecule has 0 radical (unpaired) electrons. The SMILES string of the molecule is CC1N=NC2Nc3cc(N4CCOCC4)ncc3C(c3ccccc3Cl)=NC12. The first kappa shape index (κ1) is 17.6. The summed E-state index contributed by atoms with van der Waals surface area (Å²) >= 11 is 6.52. The topological polar surface area (TPSA) is 74.5 Å². The first-order chi connectivity index (χ1) is 13.7. The number of nitrogens with zero attached hydrogens (tertiary/aromatic N) is 5. The number of fused-ring (bicyclic) bond motifs is 2. The van der Waals surface area contributed by atoms with Gasteiger partial charge < -0.3 is 15.0 Å². The summed E-state index contributed by atoms with van der Waals surface area (Å²) < 4.78 is 5.46. The van der Waals surface area contributed by atoms with Gasteiger partial charge >= 0.3 is 0 Å². The van der Waals surface area contributed by atoms with Gasteiger partial charge in [0.05, 0.1) is 30.7 Å². The second kappa shape index (κ2) is 7.14. The number of hydrogen-bond donors (Lipinski definition) is 1. The molecular weight excluding hydrogens is 376 g/mol. The fourth-order valence-electron chi connectivity index (χ4n) is 3.83. The number of pyridine rings is 1. The van der Waals surface area contributed by atoms with Crippen LogP contribution in [0.1, 0.15) is 18.1 Å². The number of nitrogens with one attached hydrogen (secondary N) is 1. The van der Waals surface area contributed by atoms with E-state index in [0.29, 0.717) is 5.02 Å². The Labute approximate surface area is 168 Å². The Kier molecular flexibility index (Phi) is 4.49. The van der Waals surface area contributed by atoms with E-state index >= 15 is 0 Å². The van der Waals surface area contributed by atoms with E-state index in [1.807, 2.05) is 37.4 Å². The van der Waals surface area contributed by atoms with Crippen LogP contribution in [0.15, 0.2) is 51.7 Å². The van der Waals surface area contributed by atoms with Crippen molar-refractivity contribution in [2.24, 2.45) is 15.2 Å². The van der Waals surface area contributed by atoms with Crippen LogP contribution in [0, 0.1) is 0 Å². The van der Waals surface area contributed by atoms with Crippen LogP contribution in [0.3, 0.4) is 0 Å². The molecule has 5 rings (SSSR count). The maximum absolute atomic E-state index is 6.52. The van der Waals surface area contributed by atoms with Crippen molar-refractivity contribution in [2.45, 2.75) is 25.2 Å². The van der Waals surface area contributed by atoms with Crippen molar-refractivity contribution in [3.05, 3.63) is 52.7 Å². The van der Waals surface area contributed by atoms with Crippen LogP contribution in [0.5, 0.6) is 0 Å². The fourth-order valence-corrected chi connectivity index (χ4v) is 4.06.